The third kappa shape index (κ3) is 2.60. The van der Waals surface area contributed by atoms with Crippen molar-refractivity contribution in [1.82, 2.24) is 10.2 Å². The highest BCUT2D eigenvalue weighted by Crippen LogP contribution is 2.33. The van der Waals surface area contributed by atoms with Crippen molar-refractivity contribution in [3.05, 3.63) is 33.2 Å². The number of thiophene rings is 1. The molecule has 0 fully saturated rings. The molecule has 0 bridgehead atoms. The van der Waals surface area contributed by atoms with Crippen LogP contribution >= 0.6 is 11.3 Å². The van der Waals surface area contributed by atoms with Crippen LogP contribution in [-0.2, 0) is 24.2 Å². The minimum absolute atomic E-state index is 0.0285. The van der Waals surface area contributed by atoms with Gasteiger partial charge in [0.05, 0.1) is 5.56 Å². The molecule has 0 amide bonds. The molecule has 0 spiro atoms. The molecule has 2 aromatic heterocycles. The molecular formula is C14H16N2O3S. The molecule has 2 aromatic rings. The summed E-state index contributed by atoms with van der Waals surface area (Å²) in [5.74, 6) is 1.20. The summed E-state index contributed by atoms with van der Waals surface area (Å²) >= 11 is 1.66. The fourth-order valence-corrected chi connectivity index (χ4v) is 3.68. The van der Waals surface area contributed by atoms with Crippen molar-refractivity contribution in [3.63, 3.8) is 0 Å². The van der Waals surface area contributed by atoms with Gasteiger partial charge in [0, 0.05) is 17.2 Å². The molecule has 1 aliphatic carbocycles. The summed E-state index contributed by atoms with van der Waals surface area (Å²) in [6, 6.07) is 0. The van der Waals surface area contributed by atoms with E-state index in [1.807, 2.05) is 5.38 Å². The second-order valence-corrected chi connectivity index (χ2v) is 6.15. The number of esters is 1. The Morgan fingerprint density at radius 2 is 2.40 bits per heavy atom. The van der Waals surface area contributed by atoms with Gasteiger partial charge in [-0.05, 0) is 30.7 Å². The first-order valence-corrected chi connectivity index (χ1v) is 7.57. The third-order valence-electron chi connectivity index (χ3n) is 3.52. The van der Waals surface area contributed by atoms with Gasteiger partial charge in [-0.1, -0.05) is 6.92 Å². The lowest BCUT2D eigenvalue weighted by molar-refractivity contribution is 0.0436. The monoisotopic (exact) mass is 292 g/mol. The standard InChI is InChI=1S/C14H16N2O3S/c1-8-3-4-10-11(7-20-12(10)5-8)14(17)18-6-13-16-15-9(2)19-13/h7-8H,3-6H2,1-2H3/t8-/m1/s1. The van der Waals surface area contributed by atoms with Crippen LogP contribution in [0.3, 0.4) is 0 Å². The second kappa shape index (κ2) is 5.36. The maximum Gasteiger partial charge on any atom is 0.339 e. The summed E-state index contributed by atoms with van der Waals surface area (Å²) in [5.41, 5.74) is 1.87. The number of rotatable bonds is 3. The van der Waals surface area contributed by atoms with Gasteiger partial charge in [-0.15, -0.1) is 21.5 Å². The van der Waals surface area contributed by atoms with Crippen molar-refractivity contribution in [1.29, 1.82) is 0 Å². The number of aryl methyl sites for hydroxylation is 1. The van der Waals surface area contributed by atoms with E-state index in [1.165, 1.54) is 10.4 Å². The van der Waals surface area contributed by atoms with Crippen LogP contribution in [-0.4, -0.2) is 16.2 Å². The van der Waals surface area contributed by atoms with Gasteiger partial charge in [-0.2, -0.15) is 0 Å². The zero-order valence-electron chi connectivity index (χ0n) is 11.5. The van der Waals surface area contributed by atoms with Gasteiger partial charge in [-0.3, -0.25) is 0 Å². The summed E-state index contributed by atoms with van der Waals surface area (Å²) in [4.78, 5) is 13.5. The van der Waals surface area contributed by atoms with Crippen LogP contribution in [0.15, 0.2) is 9.80 Å². The lowest BCUT2D eigenvalue weighted by atomic mass is 9.88. The lowest BCUT2D eigenvalue weighted by Gasteiger charge is -2.18. The molecule has 0 radical (unpaired) electrons. The molecule has 2 heterocycles. The highest BCUT2D eigenvalue weighted by molar-refractivity contribution is 7.10. The van der Waals surface area contributed by atoms with Gasteiger partial charge >= 0.3 is 5.97 Å². The minimum Gasteiger partial charge on any atom is -0.452 e. The Balaban J connectivity index is 1.69. The molecule has 1 aliphatic rings. The number of nitrogens with zero attached hydrogens (tertiary/aromatic N) is 2. The van der Waals surface area contributed by atoms with Crippen molar-refractivity contribution in [2.24, 2.45) is 5.92 Å². The second-order valence-electron chi connectivity index (χ2n) is 5.19. The quantitative estimate of drug-likeness (QED) is 0.814. The number of fused-ring (bicyclic) bond motifs is 1. The smallest absolute Gasteiger partial charge is 0.339 e. The molecule has 0 aliphatic heterocycles. The molecular weight excluding hydrogens is 276 g/mol. The van der Waals surface area contributed by atoms with Crippen LogP contribution in [0.5, 0.6) is 0 Å². The molecule has 106 valence electrons. The van der Waals surface area contributed by atoms with E-state index in [0.29, 0.717) is 23.3 Å². The predicted molar refractivity (Wildman–Crippen MR) is 73.7 cm³/mol. The highest BCUT2D eigenvalue weighted by Gasteiger charge is 2.24. The number of carbonyl (C=O) groups is 1. The first kappa shape index (κ1) is 13.3. The van der Waals surface area contributed by atoms with Crippen LogP contribution in [0.2, 0.25) is 0 Å². The van der Waals surface area contributed by atoms with Crippen LogP contribution < -0.4 is 0 Å². The molecule has 0 saturated heterocycles. The van der Waals surface area contributed by atoms with Gasteiger partial charge in [-0.25, -0.2) is 4.79 Å². The maximum absolute atomic E-state index is 12.1. The summed E-state index contributed by atoms with van der Waals surface area (Å²) in [5, 5.41) is 9.41. The SMILES string of the molecule is Cc1nnc(COC(=O)c2csc3c2CC[C@@H](C)C3)o1. The molecule has 3 rings (SSSR count). The fourth-order valence-electron chi connectivity index (χ4n) is 2.45. The third-order valence-corrected chi connectivity index (χ3v) is 4.57. The number of carbonyl (C=O) groups excluding carboxylic acids is 1. The van der Waals surface area contributed by atoms with Gasteiger partial charge in [0.15, 0.2) is 6.61 Å². The van der Waals surface area contributed by atoms with Gasteiger partial charge in [0.1, 0.15) is 0 Å². The number of ether oxygens (including phenoxy) is 1. The van der Waals surface area contributed by atoms with E-state index in [2.05, 4.69) is 17.1 Å². The molecule has 5 nitrogen and oxygen atoms in total. The van der Waals surface area contributed by atoms with E-state index in [9.17, 15) is 4.79 Å². The van der Waals surface area contributed by atoms with E-state index in [1.54, 1.807) is 18.3 Å². The van der Waals surface area contributed by atoms with Crippen molar-refractivity contribution in [3.8, 4) is 0 Å². The Morgan fingerprint density at radius 1 is 1.55 bits per heavy atom. The Morgan fingerprint density at radius 3 is 3.15 bits per heavy atom. The van der Waals surface area contributed by atoms with Crippen LogP contribution in [0.4, 0.5) is 0 Å². The molecule has 0 unspecified atom stereocenters. The first-order valence-electron chi connectivity index (χ1n) is 6.69. The number of aromatic nitrogens is 2. The minimum atomic E-state index is -0.298. The summed E-state index contributed by atoms with van der Waals surface area (Å²) < 4.78 is 10.4. The molecule has 20 heavy (non-hydrogen) atoms. The Labute approximate surface area is 121 Å². The predicted octanol–water partition coefficient (Wildman–Crippen LogP) is 2.92. The fraction of sp³-hybridized carbons (Fsp3) is 0.500. The Kier molecular flexibility index (Phi) is 3.56. The largest absolute Gasteiger partial charge is 0.452 e. The van der Waals surface area contributed by atoms with Gasteiger partial charge < -0.3 is 9.15 Å². The van der Waals surface area contributed by atoms with Crippen molar-refractivity contribution in [2.45, 2.75) is 39.7 Å². The summed E-state index contributed by atoms with van der Waals surface area (Å²) in [6.45, 7) is 3.98. The van der Waals surface area contributed by atoms with Crippen molar-refractivity contribution < 1.29 is 13.9 Å². The average Bonchev–Trinajstić information content (AvgIpc) is 3.01. The zero-order chi connectivity index (χ0) is 14.1. The van der Waals surface area contributed by atoms with Crippen molar-refractivity contribution >= 4 is 17.3 Å². The van der Waals surface area contributed by atoms with Gasteiger partial charge in [0.2, 0.25) is 5.89 Å². The molecule has 0 saturated carbocycles. The van der Waals surface area contributed by atoms with E-state index in [-0.39, 0.29) is 12.6 Å². The highest BCUT2D eigenvalue weighted by atomic mass is 32.1. The molecule has 6 heteroatoms. The van der Waals surface area contributed by atoms with Crippen LogP contribution in [0, 0.1) is 12.8 Å². The normalized spacial score (nSPS) is 17.8. The summed E-state index contributed by atoms with van der Waals surface area (Å²) in [6.07, 6.45) is 3.16. The Hall–Kier alpha value is -1.69. The topological polar surface area (TPSA) is 65.2 Å². The average molecular weight is 292 g/mol. The maximum atomic E-state index is 12.1. The summed E-state index contributed by atoms with van der Waals surface area (Å²) in [7, 11) is 0. The molecule has 0 N–H and O–H groups in total. The number of hydrogen-bond acceptors (Lipinski definition) is 6. The van der Waals surface area contributed by atoms with E-state index >= 15 is 0 Å². The van der Waals surface area contributed by atoms with Crippen LogP contribution in [0.25, 0.3) is 0 Å². The van der Waals surface area contributed by atoms with Crippen molar-refractivity contribution in [2.75, 3.05) is 0 Å². The number of hydrogen-bond donors (Lipinski definition) is 0. The van der Waals surface area contributed by atoms with Crippen LogP contribution in [0.1, 0.15) is 45.9 Å². The molecule has 1 atom stereocenters. The first-order chi connectivity index (χ1) is 9.63. The van der Waals surface area contributed by atoms with E-state index in [0.717, 1.165) is 19.3 Å². The van der Waals surface area contributed by atoms with E-state index < -0.39 is 0 Å². The zero-order valence-corrected chi connectivity index (χ0v) is 12.3. The molecule has 0 aromatic carbocycles. The lowest BCUT2D eigenvalue weighted by Crippen LogP contribution is -2.13. The van der Waals surface area contributed by atoms with E-state index in [4.69, 9.17) is 9.15 Å². The Bertz CT molecular complexity index is 632. The van der Waals surface area contributed by atoms with Gasteiger partial charge in [0.25, 0.3) is 5.89 Å².